The summed E-state index contributed by atoms with van der Waals surface area (Å²) in [7, 11) is 0. The predicted octanol–water partition coefficient (Wildman–Crippen LogP) is 4.90. The van der Waals surface area contributed by atoms with Crippen LogP contribution in [0.1, 0.15) is 67.8 Å². The van der Waals surface area contributed by atoms with Crippen LogP contribution in [0.25, 0.3) is 0 Å². The zero-order chi connectivity index (χ0) is 17.1. The molecule has 3 nitrogen and oxygen atoms in total. The van der Waals surface area contributed by atoms with Gasteiger partial charge in [-0.3, -0.25) is 9.59 Å². The van der Waals surface area contributed by atoms with Crippen molar-refractivity contribution in [2.75, 3.05) is 11.4 Å². The van der Waals surface area contributed by atoms with Crippen molar-refractivity contribution < 1.29 is 9.59 Å². The van der Waals surface area contributed by atoms with Crippen LogP contribution in [0.15, 0.2) is 18.2 Å². The molecule has 1 saturated carbocycles. The first kappa shape index (κ1) is 17.7. The van der Waals surface area contributed by atoms with Crippen LogP contribution in [-0.4, -0.2) is 23.1 Å². The number of anilines is 1. The van der Waals surface area contributed by atoms with Gasteiger partial charge in [0.1, 0.15) is 0 Å². The highest BCUT2D eigenvalue weighted by Gasteiger charge is 2.31. The van der Waals surface area contributed by atoms with E-state index in [1.54, 1.807) is 0 Å². The Bertz CT molecular complexity index is 622. The maximum absolute atomic E-state index is 12.8. The van der Waals surface area contributed by atoms with Crippen molar-refractivity contribution in [2.24, 2.45) is 5.92 Å². The second-order valence-corrected chi connectivity index (χ2v) is 8.14. The molecule has 24 heavy (non-hydrogen) atoms. The molecular weight excluding hydrogens is 366 g/mol. The van der Waals surface area contributed by atoms with Crippen molar-refractivity contribution in [3.63, 3.8) is 0 Å². The molecule has 4 heteroatoms. The predicted molar refractivity (Wildman–Crippen MR) is 101 cm³/mol. The van der Waals surface area contributed by atoms with Crippen molar-refractivity contribution in [1.29, 1.82) is 0 Å². The summed E-state index contributed by atoms with van der Waals surface area (Å²) < 4.78 is 0. The first-order valence-electron chi connectivity index (χ1n) is 9.24. The van der Waals surface area contributed by atoms with Gasteiger partial charge in [-0.25, -0.2) is 0 Å². The van der Waals surface area contributed by atoms with Crippen LogP contribution in [0.3, 0.4) is 0 Å². The van der Waals surface area contributed by atoms with Crippen LogP contribution in [0.2, 0.25) is 0 Å². The zero-order valence-electron chi connectivity index (χ0n) is 14.4. The number of carbonyl (C=O) groups excluding carboxylic acids is 2. The van der Waals surface area contributed by atoms with Crippen LogP contribution in [0, 0.1) is 5.92 Å². The number of rotatable bonds is 5. The minimum absolute atomic E-state index is 0.109. The van der Waals surface area contributed by atoms with Gasteiger partial charge < -0.3 is 4.90 Å². The lowest BCUT2D eigenvalue weighted by Crippen LogP contribution is -2.35. The number of amides is 1. The summed E-state index contributed by atoms with van der Waals surface area (Å²) in [6.07, 6.45) is 8.36. The molecule has 0 bridgehead atoms. The van der Waals surface area contributed by atoms with Crippen molar-refractivity contribution >= 4 is 33.3 Å². The van der Waals surface area contributed by atoms with Gasteiger partial charge >= 0.3 is 0 Å². The summed E-state index contributed by atoms with van der Waals surface area (Å²) in [5.74, 6) is 0.635. The van der Waals surface area contributed by atoms with E-state index in [1.807, 2.05) is 23.1 Å². The zero-order valence-corrected chi connectivity index (χ0v) is 16.0. The Balaban J connectivity index is 1.75. The van der Waals surface area contributed by atoms with E-state index in [2.05, 4.69) is 22.9 Å². The van der Waals surface area contributed by atoms with E-state index in [0.717, 1.165) is 55.5 Å². The number of hydrogen-bond acceptors (Lipinski definition) is 2. The summed E-state index contributed by atoms with van der Waals surface area (Å²) in [4.78, 5) is 27.1. The molecule has 2 aliphatic rings. The Morgan fingerprint density at radius 2 is 2.00 bits per heavy atom. The van der Waals surface area contributed by atoms with E-state index in [-0.39, 0.29) is 22.4 Å². The monoisotopic (exact) mass is 391 g/mol. The Hall–Kier alpha value is -1.16. The number of ketones is 1. The van der Waals surface area contributed by atoms with Gasteiger partial charge in [0.25, 0.3) is 0 Å². The number of nitrogens with zero attached hydrogens (tertiary/aromatic N) is 1. The molecule has 0 N–H and O–H groups in total. The SMILES string of the molecule is CCCC(Br)C(=O)c1ccc2c(c1)CCN2C(=O)C1CCCCC1. The van der Waals surface area contributed by atoms with Crippen LogP contribution in [0.5, 0.6) is 0 Å². The van der Waals surface area contributed by atoms with Crippen LogP contribution in [0.4, 0.5) is 5.69 Å². The van der Waals surface area contributed by atoms with E-state index in [0.29, 0.717) is 0 Å². The van der Waals surface area contributed by atoms with Crippen LogP contribution < -0.4 is 4.90 Å². The fourth-order valence-corrected chi connectivity index (χ4v) is 4.64. The molecule has 1 aliphatic carbocycles. The molecule has 130 valence electrons. The molecule has 1 heterocycles. The smallest absolute Gasteiger partial charge is 0.230 e. The first-order chi connectivity index (χ1) is 11.6. The maximum Gasteiger partial charge on any atom is 0.230 e. The molecule has 1 amide bonds. The van der Waals surface area contributed by atoms with Crippen molar-refractivity contribution in [1.82, 2.24) is 0 Å². The number of hydrogen-bond donors (Lipinski definition) is 0. The van der Waals surface area contributed by atoms with Gasteiger partial charge in [0, 0.05) is 23.7 Å². The lowest BCUT2D eigenvalue weighted by atomic mass is 9.88. The maximum atomic E-state index is 12.8. The summed E-state index contributed by atoms with van der Waals surface area (Å²) in [6, 6.07) is 5.86. The van der Waals surface area contributed by atoms with Gasteiger partial charge in [-0.1, -0.05) is 48.5 Å². The second-order valence-electron chi connectivity index (χ2n) is 7.04. The Labute approximate surface area is 152 Å². The van der Waals surface area contributed by atoms with E-state index in [1.165, 1.54) is 19.3 Å². The first-order valence-corrected chi connectivity index (χ1v) is 10.2. The number of Topliss-reactive ketones (excluding diaryl/α,β-unsaturated/α-hetero) is 1. The van der Waals surface area contributed by atoms with E-state index >= 15 is 0 Å². The molecule has 3 rings (SSSR count). The third-order valence-electron chi connectivity index (χ3n) is 5.31. The topological polar surface area (TPSA) is 37.4 Å². The number of benzene rings is 1. The Morgan fingerprint density at radius 3 is 2.71 bits per heavy atom. The van der Waals surface area contributed by atoms with E-state index < -0.39 is 0 Å². The molecule has 0 saturated heterocycles. The van der Waals surface area contributed by atoms with Gasteiger partial charge in [-0.05, 0) is 49.4 Å². The Kier molecular flexibility index (Phi) is 5.75. The Morgan fingerprint density at radius 1 is 1.25 bits per heavy atom. The largest absolute Gasteiger partial charge is 0.312 e. The minimum Gasteiger partial charge on any atom is -0.312 e. The van der Waals surface area contributed by atoms with Gasteiger partial charge in [0.2, 0.25) is 5.91 Å². The fraction of sp³-hybridized carbons (Fsp3) is 0.600. The van der Waals surface area contributed by atoms with Gasteiger partial charge in [-0.15, -0.1) is 0 Å². The van der Waals surface area contributed by atoms with Gasteiger partial charge in [0.05, 0.1) is 4.83 Å². The highest BCUT2D eigenvalue weighted by Crippen LogP contribution is 2.34. The van der Waals surface area contributed by atoms with E-state index in [9.17, 15) is 9.59 Å². The molecule has 0 aromatic heterocycles. The highest BCUT2D eigenvalue weighted by atomic mass is 79.9. The molecule has 1 fully saturated rings. The minimum atomic E-state index is -0.109. The number of alkyl halides is 1. The lowest BCUT2D eigenvalue weighted by molar-refractivity contribution is -0.123. The molecule has 1 unspecified atom stereocenters. The second kappa shape index (κ2) is 7.81. The van der Waals surface area contributed by atoms with Crippen molar-refractivity contribution in [2.45, 2.75) is 63.1 Å². The van der Waals surface area contributed by atoms with Crippen LogP contribution in [-0.2, 0) is 11.2 Å². The quantitative estimate of drug-likeness (QED) is 0.528. The highest BCUT2D eigenvalue weighted by molar-refractivity contribution is 9.10. The van der Waals surface area contributed by atoms with Gasteiger partial charge in [0.15, 0.2) is 5.78 Å². The van der Waals surface area contributed by atoms with Crippen molar-refractivity contribution in [3.05, 3.63) is 29.3 Å². The normalized spacial score (nSPS) is 19.2. The molecule has 1 aromatic rings. The molecule has 1 atom stereocenters. The third-order valence-corrected chi connectivity index (χ3v) is 6.18. The van der Waals surface area contributed by atoms with Gasteiger partial charge in [-0.2, -0.15) is 0 Å². The fourth-order valence-electron chi connectivity index (χ4n) is 3.92. The molecule has 1 aliphatic heterocycles. The number of halogens is 1. The number of carbonyl (C=O) groups is 2. The van der Waals surface area contributed by atoms with Crippen molar-refractivity contribution in [3.8, 4) is 0 Å². The summed E-state index contributed by atoms with van der Waals surface area (Å²) in [5, 5.41) is 0. The lowest BCUT2D eigenvalue weighted by Gasteiger charge is -2.26. The summed E-state index contributed by atoms with van der Waals surface area (Å²) in [6.45, 7) is 2.84. The third kappa shape index (κ3) is 3.58. The average Bonchev–Trinajstić information content (AvgIpc) is 3.04. The standard InChI is InChI=1S/C20H26BrNO2/c1-2-6-17(21)19(23)16-9-10-18-15(13-16)11-12-22(18)20(24)14-7-4-3-5-8-14/h9-10,13-14,17H,2-8,11-12H2,1H3. The molecule has 1 aromatic carbocycles. The summed E-state index contributed by atoms with van der Waals surface area (Å²) >= 11 is 3.49. The van der Waals surface area contributed by atoms with Crippen LogP contribution >= 0.6 is 15.9 Å². The van der Waals surface area contributed by atoms with E-state index in [4.69, 9.17) is 0 Å². The molecule has 0 radical (unpaired) electrons. The summed E-state index contributed by atoms with van der Waals surface area (Å²) in [5.41, 5.74) is 2.92. The average molecular weight is 392 g/mol. The molecule has 0 spiro atoms. The molecular formula is C20H26BrNO2. The number of fused-ring (bicyclic) bond motifs is 1.